The SMILES string of the molecule is COc1cccc(C(=O)N2CCC(C(=O)Nc3ccc4c(c3)NC(=O)C43Cc4ccccc4NC3=O)CC2)c1. The van der Waals surface area contributed by atoms with Gasteiger partial charge >= 0.3 is 0 Å². The van der Waals surface area contributed by atoms with Gasteiger partial charge in [-0.3, -0.25) is 19.2 Å². The van der Waals surface area contributed by atoms with Crippen LogP contribution >= 0.6 is 0 Å². The van der Waals surface area contributed by atoms with E-state index in [0.29, 0.717) is 54.2 Å². The zero-order valence-electron chi connectivity index (χ0n) is 21.5. The van der Waals surface area contributed by atoms with Crippen LogP contribution in [0, 0.1) is 5.92 Å². The van der Waals surface area contributed by atoms with Crippen molar-refractivity contribution in [3.63, 3.8) is 0 Å². The summed E-state index contributed by atoms with van der Waals surface area (Å²) in [5.74, 6) is -0.558. The Morgan fingerprint density at radius 3 is 2.44 bits per heavy atom. The normalized spacial score (nSPS) is 20.1. The van der Waals surface area contributed by atoms with Crippen molar-refractivity contribution in [2.45, 2.75) is 24.7 Å². The van der Waals surface area contributed by atoms with Gasteiger partial charge in [-0.15, -0.1) is 0 Å². The molecule has 1 fully saturated rings. The fourth-order valence-corrected chi connectivity index (χ4v) is 5.77. The van der Waals surface area contributed by atoms with E-state index in [1.807, 2.05) is 24.3 Å². The molecule has 9 heteroatoms. The summed E-state index contributed by atoms with van der Waals surface area (Å²) in [5, 5.41) is 8.68. The lowest BCUT2D eigenvalue weighted by Gasteiger charge is -2.32. The molecule has 3 aliphatic heterocycles. The summed E-state index contributed by atoms with van der Waals surface area (Å²) in [4.78, 5) is 54.0. The summed E-state index contributed by atoms with van der Waals surface area (Å²) in [6, 6.07) is 19.7. The monoisotopic (exact) mass is 524 g/mol. The molecular formula is C30H28N4O5. The molecule has 3 aromatic carbocycles. The minimum atomic E-state index is -1.34. The van der Waals surface area contributed by atoms with Gasteiger partial charge in [-0.1, -0.05) is 30.3 Å². The molecule has 1 saturated heterocycles. The number of para-hydroxylation sites is 1. The summed E-state index contributed by atoms with van der Waals surface area (Å²) in [6.07, 6.45) is 1.37. The van der Waals surface area contributed by atoms with Crippen molar-refractivity contribution in [1.82, 2.24) is 4.90 Å². The number of carbonyl (C=O) groups is 4. The first-order valence-corrected chi connectivity index (χ1v) is 13.0. The Hall–Kier alpha value is -4.66. The predicted octanol–water partition coefficient (Wildman–Crippen LogP) is 3.57. The smallest absolute Gasteiger partial charge is 0.253 e. The Bertz CT molecular complexity index is 1510. The third-order valence-electron chi connectivity index (χ3n) is 7.96. The van der Waals surface area contributed by atoms with Crippen LogP contribution in [-0.4, -0.2) is 48.7 Å². The van der Waals surface area contributed by atoms with E-state index >= 15 is 0 Å². The van der Waals surface area contributed by atoms with Gasteiger partial charge in [0, 0.05) is 53.6 Å². The fourth-order valence-electron chi connectivity index (χ4n) is 5.77. The third kappa shape index (κ3) is 4.20. The lowest BCUT2D eigenvalue weighted by atomic mass is 9.73. The summed E-state index contributed by atoms with van der Waals surface area (Å²) in [7, 11) is 1.56. The molecule has 1 unspecified atom stereocenters. The van der Waals surface area contributed by atoms with Gasteiger partial charge in [0.25, 0.3) is 5.91 Å². The van der Waals surface area contributed by atoms with E-state index in [-0.39, 0.29) is 36.0 Å². The van der Waals surface area contributed by atoms with Gasteiger partial charge in [0.05, 0.1) is 7.11 Å². The number of nitrogens with zero attached hydrogens (tertiary/aromatic N) is 1. The largest absolute Gasteiger partial charge is 0.497 e. The summed E-state index contributed by atoms with van der Waals surface area (Å²) < 4.78 is 5.22. The van der Waals surface area contributed by atoms with Crippen LogP contribution in [0.15, 0.2) is 66.7 Å². The van der Waals surface area contributed by atoms with Gasteiger partial charge < -0.3 is 25.6 Å². The van der Waals surface area contributed by atoms with Gasteiger partial charge in [0.2, 0.25) is 17.7 Å². The number of fused-ring (bicyclic) bond motifs is 3. The highest BCUT2D eigenvalue weighted by Crippen LogP contribution is 2.45. The molecule has 0 aliphatic carbocycles. The minimum absolute atomic E-state index is 0.0783. The zero-order valence-corrected chi connectivity index (χ0v) is 21.5. The lowest BCUT2D eigenvalue weighted by Crippen LogP contribution is -2.50. The predicted molar refractivity (Wildman–Crippen MR) is 146 cm³/mol. The molecule has 3 aromatic rings. The van der Waals surface area contributed by atoms with E-state index in [9.17, 15) is 19.2 Å². The third-order valence-corrected chi connectivity index (χ3v) is 7.96. The number of benzene rings is 3. The van der Waals surface area contributed by atoms with E-state index in [2.05, 4.69) is 16.0 Å². The van der Waals surface area contributed by atoms with Crippen LogP contribution in [0.25, 0.3) is 0 Å². The second-order valence-corrected chi connectivity index (χ2v) is 10.2. The standard InChI is InChI=1S/C30H28N4O5/c1-39-22-7-4-6-19(15-22)27(36)34-13-11-18(12-14-34)26(35)31-21-9-10-23-25(16-21)33-29(38)30(23)17-20-5-2-3-8-24(20)32-28(30)37/h2-10,15-16,18H,11-14,17H2,1H3,(H,31,35)(H,32,37)(H,33,38). The molecule has 3 N–H and O–H groups in total. The number of methoxy groups -OCH3 is 1. The van der Waals surface area contributed by atoms with Crippen LogP contribution < -0.4 is 20.7 Å². The van der Waals surface area contributed by atoms with Crippen LogP contribution in [0.4, 0.5) is 17.1 Å². The van der Waals surface area contributed by atoms with Crippen molar-refractivity contribution in [2.75, 3.05) is 36.1 Å². The van der Waals surface area contributed by atoms with Gasteiger partial charge in [-0.05, 0) is 54.8 Å². The number of piperidine rings is 1. The van der Waals surface area contributed by atoms with E-state index in [1.54, 1.807) is 54.5 Å². The lowest BCUT2D eigenvalue weighted by molar-refractivity contribution is -0.131. The highest BCUT2D eigenvalue weighted by atomic mass is 16.5. The first-order valence-electron chi connectivity index (χ1n) is 13.0. The maximum absolute atomic E-state index is 13.1. The molecular weight excluding hydrogens is 496 g/mol. The van der Waals surface area contributed by atoms with Gasteiger partial charge in [0.1, 0.15) is 5.75 Å². The minimum Gasteiger partial charge on any atom is -0.497 e. The highest BCUT2D eigenvalue weighted by molar-refractivity contribution is 6.25. The number of anilines is 3. The van der Waals surface area contributed by atoms with Crippen molar-refractivity contribution in [3.05, 3.63) is 83.4 Å². The van der Waals surface area contributed by atoms with Gasteiger partial charge in [-0.25, -0.2) is 0 Å². The Morgan fingerprint density at radius 1 is 0.923 bits per heavy atom. The van der Waals surface area contributed by atoms with Crippen LogP contribution in [0.1, 0.15) is 34.3 Å². The first-order chi connectivity index (χ1) is 18.9. The number of likely N-dealkylation sites (tertiary alicyclic amines) is 1. The van der Waals surface area contributed by atoms with Gasteiger partial charge in [-0.2, -0.15) is 0 Å². The van der Waals surface area contributed by atoms with Crippen molar-refractivity contribution in [2.24, 2.45) is 5.92 Å². The summed E-state index contributed by atoms with van der Waals surface area (Å²) in [6.45, 7) is 0.959. The van der Waals surface area contributed by atoms with E-state index in [4.69, 9.17) is 4.74 Å². The molecule has 1 spiro atoms. The zero-order chi connectivity index (χ0) is 27.1. The first kappa shape index (κ1) is 24.7. The van der Waals surface area contributed by atoms with Crippen LogP contribution in [0.5, 0.6) is 5.75 Å². The number of nitrogens with one attached hydrogen (secondary N) is 3. The van der Waals surface area contributed by atoms with Gasteiger partial charge in [0.15, 0.2) is 5.41 Å². The van der Waals surface area contributed by atoms with E-state index < -0.39 is 5.41 Å². The van der Waals surface area contributed by atoms with Crippen LogP contribution in [0.2, 0.25) is 0 Å². The summed E-state index contributed by atoms with van der Waals surface area (Å²) in [5.41, 5.74) is 2.50. The molecule has 198 valence electrons. The summed E-state index contributed by atoms with van der Waals surface area (Å²) >= 11 is 0. The number of rotatable bonds is 4. The second-order valence-electron chi connectivity index (χ2n) is 10.2. The highest BCUT2D eigenvalue weighted by Gasteiger charge is 2.55. The molecule has 39 heavy (non-hydrogen) atoms. The van der Waals surface area contributed by atoms with E-state index in [0.717, 1.165) is 11.3 Å². The number of hydrogen-bond acceptors (Lipinski definition) is 5. The number of amides is 4. The Balaban J connectivity index is 1.12. The van der Waals surface area contributed by atoms with Crippen molar-refractivity contribution in [1.29, 1.82) is 0 Å². The fraction of sp³-hybridized carbons (Fsp3) is 0.267. The van der Waals surface area contributed by atoms with Crippen LogP contribution in [0.3, 0.4) is 0 Å². The molecule has 0 saturated carbocycles. The Kier molecular flexibility index (Phi) is 6.06. The maximum atomic E-state index is 13.1. The average Bonchev–Trinajstić information content (AvgIpc) is 3.23. The Labute approximate surface area is 225 Å². The molecule has 4 amide bonds. The van der Waals surface area contributed by atoms with E-state index in [1.165, 1.54) is 0 Å². The van der Waals surface area contributed by atoms with Crippen LogP contribution in [-0.2, 0) is 26.2 Å². The maximum Gasteiger partial charge on any atom is 0.253 e. The average molecular weight is 525 g/mol. The molecule has 1 atom stereocenters. The molecule has 0 bridgehead atoms. The molecule has 3 aliphatic rings. The quantitative estimate of drug-likeness (QED) is 0.451. The number of carbonyl (C=O) groups excluding carboxylic acids is 4. The number of hydrogen-bond donors (Lipinski definition) is 3. The second kappa shape index (κ2) is 9.58. The Morgan fingerprint density at radius 2 is 1.67 bits per heavy atom. The topological polar surface area (TPSA) is 117 Å². The van der Waals surface area contributed by atoms with Crippen molar-refractivity contribution in [3.8, 4) is 5.75 Å². The molecule has 9 nitrogen and oxygen atoms in total. The molecule has 3 heterocycles. The van der Waals surface area contributed by atoms with Crippen molar-refractivity contribution >= 4 is 40.7 Å². The molecule has 0 radical (unpaired) electrons. The molecule has 0 aromatic heterocycles. The number of ether oxygens (including phenoxy) is 1. The van der Waals surface area contributed by atoms with Crippen molar-refractivity contribution < 1.29 is 23.9 Å². The molecule has 6 rings (SSSR count).